The summed E-state index contributed by atoms with van der Waals surface area (Å²) in [4.78, 5) is 5.18. The lowest BCUT2D eigenvalue weighted by atomic mass is 9.47. The molecule has 13 aromatic carbocycles. The van der Waals surface area contributed by atoms with Gasteiger partial charge in [-0.1, -0.05) is 215 Å². The van der Waals surface area contributed by atoms with E-state index in [-0.39, 0.29) is 10.8 Å². The molecule has 13 aromatic rings. The Morgan fingerprint density at radius 1 is 0.260 bits per heavy atom. The Hall–Kier alpha value is -9.76. The van der Waals surface area contributed by atoms with Gasteiger partial charge >= 0.3 is 0 Å². The third-order valence-electron chi connectivity index (χ3n) is 25.5. The van der Waals surface area contributed by atoms with Crippen molar-refractivity contribution in [2.45, 2.75) is 129 Å². The number of hydrogen-bond donors (Lipinski definition) is 0. The average molecular weight is 1300 g/mol. The molecular formula is C98H90N2. The van der Waals surface area contributed by atoms with Crippen molar-refractivity contribution in [1.29, 1.82) is 0 Å². The van der Waals surface area contributed by atoms with Crippen LogP contribution in [0.2, 0.25) is 0 Å². The lowest BCUT2D eigenvalue weighted by Gasteiger charge is -2.57. The van der Waals surface area contributed by atoms with E-state index in [4.69, 9.17) is 0 Å². The molecule has 0 aromatic heterocycles. The fourth-order valence-electron chi connectivity index (χ4n) is 21.6. The number of hydrogen-bond acceptors (Lipinski definition) is 2. The summed E-state index contributed by atoms with van der Waals surface area (Å²) in [6, 6.07) is 94.7. The number of rotatable bonds is 14. The van der Waals surface area contributed by atoms with Crippen molar-refractivity contribution in [2.24, 2.45) is 35.5 Å². The molecule has 8 fully saturated rings. The van der Waals surface area contributed by atoms with Crippen LogP contribution in [-0.2, 0) is 10.8 Å². The van der Waals surface area contributed by atoms with Gasteiger partial charge in [-0.2, -0.15) is 0 Å². The third-order valence-corrected chi connectivity index (χ3v) is 25.5. The van der Waals surface area contributed by atoms with E-state index < -0.39 is 0 Å². The first-order valence-corrected chi connectivity index (χ1v) is 37.7. The van der Waals surface area contributed by atoms with Crippen LogP contribution in [0, 0.1) is 77.0 Å². The molecule has 0 heterocycles. The van der Waals surface area contributed by atoms with Crippen LogP contribution < -0.4 is 9.80 Å². The molecule has 8 aliphatic rings. The van der Waals surface area contributed by atoms with Crippen molar-refractivity contribution < 1.29 is 0 Å². The molecule has 100 heavy (non-hydrogen) atoms. The Labute approximate surface area is 592 Å². The standard InChI is InChI=1S/C98H90N2/c1-61-7-23-75(24-8-61)87(76-25-9-62(2)10-26-76)53-67-19-35-81(36-20-67)99(79-31-15-65(5)16-32-79)91-45-41-85-93-83(91)39-43-89(97-55-69-47-70(56-97)49-71(48-69)57-97)95(93)86-42-46-92(84-40-44-90(96(85)94(84)86)98-58-72-50-73(59-98)52-74(51-72)60-98)100(80-33-17-66(6)18-34-80)82-37-21-68(22-38-82)54-88(77-27-11-63(3)12-28-77)78-29-13-64(4)14-30-78/h7-46,53-54,69-74H,47-52,55-60H2,1-6H3. The number of aryl methyl sites for hydroxylation is 6. The van der Waals surface area contributed by atoms with Gasteiger partial charge in [-0.3, -0.25) is 0 Å². The van der Waals surface area contributed by atoms with E-state index in [9.17, 15) is 0 Å². The predicted molar refractivity (Wildman–Crippen MR) is 425 cm³/mol. The Bertz CT molecular complexity index is 4850. The van der Waals surface area contributed by atoms with E-state index in [2.05, 4.69) is 306 Å². The molecule has 21 rings (SSSR count). The zero-order valence-corrected chi connectivity index (χ0v) is 59.1. The fraction of sp³-hybridized carbons (Fsp3) is 0.265. The smallest absolute Gasteiger partial charge is 0.0540 e. The van der Waals surface area contributed by atoms with E-state index in [1.165, 1.54) is 221 Å². The van der Waals surface area contributed by atoms with Gasteiger partial charge in [0.1, 0.15) is 0 Å². The first kappa shape index (κ1) is 61.3. The van der Waals surface area contributed by atoms with Gasteiger partial charge in [-0.15, -0.1) is 0 Å². The zero-order valence-electron chi connectivity index (χ0n) is 59.1. The van der Waals surface area contributed by atoms with Gasteiger partial charge < -0.3 is 9.80 Å². The highest BCUT2D eigenvalue weighted by Gasteiger charge is 2.54. The van der Waals surface area contributed by atoms with Gasteiger partial charge in [-0.25, -0.2) is 0 Å². The molecule has 8 bridgehead atoms. The Morgan fingerprint density at radius 2 is 0.500 bits per heavy atom. The van der Waals surface area contributed by atoms with Gasteiger partial charge in [0, 0.05) is 33.5 Å². The topological polar surface area (TPSA) is 6.48 Å². The first-order valence-electron chi connectivity index (χ1n) is 37.7. The molecule has 0 saturated heterocycles. The molecule has 0 unspecified atom stereocenters. The molecule has 8 aliphatic carbocycles. The second kappa shape index (κ2) is 24.0. The quantitative estimate of drug-likeness (QED) is 0.0608. The highest BCUT2D eigenvalue weighted by Crippen LogP contribution is 2.66. The lowest BCUT2D eigenvalue weighted by molar-refractivity contribution is -0.00462. The van der Waals surface area contributed by atoms with Crippen LogP contribution >= 0.6 is 0 Å². The maximum atomic E-state index is 2.70. The molecule has 0 spiro atoms. The Kier molecular flexibility index (Phi) is 14.7. The van der Waals surface area contributed by atoms with Gasteiger partial charge in [0.15, 0.2) is 0 Å². The summed E-state index contributed by atoms with van der Waals surface area (Å²) in [5, 5.41) is 11.6. The molecule has 2 heteroatoms. The van der Waals surface area contributed by atoms with Crippen molar-refractivity contribution in [3.63, 3.8) is 0 Å². The largest absolute Gasteiger partial charge is 0.310 e. The van der Waals surface area contributed by atoms with E-state index in [1.807, 2.05) is 0 Å². The van der Waals surface area contributed by atoms with Crippen molar-refractivity contribution in [3.05, 3.63) is 321 Å². The maximum Gasteiger partial charge on any atom is 0.0540 e. The molecule has 0 amide bonds. The highest BCUT2D eigenvalue weighted by molar-refractivity contribution is 6.37. The second-order valence-electron chi connectivity index (χ2n) is 32.6. The molecule has 0 atom stereocenters. The molecule has 0 radical (unpaired) electrons. The number of fused-ring (bicyclic) bond motifs is 2. The molecule has 0 N–H and O–H groups in total. The maximum absolute atomic E-state index is 2.70. The summed E-state index contributed by atoms with van der Waals surface area (Å²) < 4.78 is 0. The minimum Gasteiger partial charge on any atom is -0.310 e. The molecule has 492 valence electrons. The van der Waals surface area contributed by atoms with Crippen molar-refractivity contribution >= 4 is 101 Å². The van der Waals surface area contributed by atoms with E-state index >= 15 is 0 Å². The summed E-state index contributed by atoms with van der Waals surface area (Å²) in [6.45, 7) is 13.1. The van der Waals surface area contributed by atoms with Crippen molar-refractivity contribution in [2.75, 3.05) is 9.80 Å². The van der Waals surface area contributed by atoms with Gasteiger partial charge in [0.2, 0.25) is 0 Å². The van der Waals surface area contributed by atoms with E-state index in [0.717, 1.165) is 46.9 Å². The van der Waals surface area contributed by atoms with Gasteiger partial charge in [0.25, 0.3) is 0 Å². The van der Waals surface area contributed by atoms with Crippen LogP contribution in [0.3, 0.4) is 0 Å². The number of benzene rings is 13. The van der Waals surface area contributed by atoms with E-state index in [1.54, 1.807) is 11.1 Å². The predicted octanol–water partition coefficient (Wildman–Crippen LogP) is 26.6. The van der Waals surface area contributed by atoms with Crippen LogP contribution in [0.4, 0.5) is 34.1 Å². The molecule has 8 saturated carbocycles. The summed E-state index contributed by atoms with van der Waals surface area (Å²) in [7, 11) is 0. The normalized spacial score (nSPS) is 22.5. The summed E-state index contributed by atoms with van der Waals surface area (Å²) in [5.41, 5.74) is 28.0. The molecular weight excluding hydrogens is 1210 g/mol. The monoisotopic (exact) mass is 1290 g/mol. The first-order chi connectivity index (χ1) is 48.8. The summed E-state index contributed by atoms with van der Waals surface area (Å²) in [5.74, 6) is 4.85. The molecule has 0 aliphatic heterocycles. The van der Waals surface area contributed by atoms with Crippen molar-refractivity contribution in [1.82, 2.24) is 0 Å². The van der Waals surface area contributed by atoms with Crippen LogP contribution in [0.1, 0.15) is 155 Å². The van der Waals surface area contributed by atoms with Crippen LogP contribution in [0.15, 0.2) is 243 Å². The van der Waals surface area contributed by atoms with Crippen LogP contribution in [-0.4, -0.2) is 0 Å². The zero-order chi connectivity index (χ0) is 67.1. The fourth-order valence-corrected chi connectivity index (χ4v) is 21.6. The number of nitrogens with zero attached hydrogens (tertiary/aromatic N) is 2. The Morgan fingerprint density at radius 3 is 0.770 bits per heavy atom. The highest BCUT2D eigenvalue weighted by atomic mass is 15.1. The lowest BCUT2D eigenvalue weighted by Crippen LogP contribution is -2.48. The van der Waals surface area contributed by atoms with Crippen molar-refractivity contribution in [3.8, 4) is 0 Å². The average Bonchev–Trinajstić information content (AvgIpc) is 0.680. The van der Waals surface area contributed by atoms with E-state index in [0.29, 0.717) is 0 Å². The SMILES string of the molecule is Cc1ccc(C(=Cc2ccc(N(c3ccc(C)cc3)c3ccc4c5c(C67CC8CC(CC(C8)C6)C7)ccc6c(N(c7ccc(C)cc7)c7ccc(C=C(c8ccc(C)cc8)c8ccc(C)cc8)cc7)ccc(c7c(C89CC%10CC(CC(C%10)C8)C9)ccc3c47)c65)cc2)c2ccc(C)cc2)cc1. The third kappa shape index (κ3) is 10.6. The minimum absolute atomic E-state index is 0.143. The summed E-state index contributed by atoms with van der Waals surface area (Å²) >= 11 is 0. The van der Waals surface area contributed by atoms with Crippen LogP contribution in [0.25, 0.3) is 66.4 Å². The number of anilines is 6. The van der Waals surface area contributed by atoms with Gasteiger partial charge in [0.05, 0.1) is 11.4 Å². The van der Waals surface area contributed by atoms with Crippen LogP contribution in [0.5, 0.6) is 0 Å². The van der Waals surface area contributed by atoms with Gasteiger partial charge in [-0.05, 0) is 326 Å². The Balaban J connectivity index is 0.843. The molecule has 2 nitrogen and oxygen atoms in total. The second-order valence-corrected chi connectivity index (χ2v) is 32.6. The summed E-state index contributed by atoms with van der Waals surface area (Å²) in [6.07, 6.45) is 21.1. The minimum atomic E-state index is 0.143.